The van der Waals surface area contributed by atoms with Crippen LogP contribution in [-0.2, 0) is 24.3 Å². The molecule has 2 amide bonds. The van der Waals surface area contributed by atoms with Gasteiger partial charge in [0.1, 0.15) is 11.4 Å². The Morgan fingerprint density at radius 3 is 2.96 bits per heavy atom. The third-order valence-corrected chi connectivity index (χ3v) is 4.70. The fourth-order valence-corrected chi connectivity index (χ4v) is 3.15. The summed E-state index contributed by atoms with van der Waals surface area (Å²) in [7, 11) is 0. The maximum Gasteiger partial charge on any atom is 0.262 e. The summed E-state index contributed by atoms with van der Waals surface area (Å²) in [6.45, 7) is 4.57. The predicted octanol–water partition coefficient (Wildman–Crippen LogP) is 1.11. The van der Waals surface area contributed by atoms with Crippen molar-refractivity contribution in [1.82, 2.24) is 25.4 Å². The van der Waals surface area contributed by atoms with Crippen LogP contribution in [0.1, 0.15) is 41.6 Å². The first-order valence-corrected chi connectivity index (χ1v) is 8.40. The molecule has 2 N–H and O–H groups in total. The molecule has 0 spiro atoms. The summed E-state index contributed by atoms with van der Waals surface area (Å²) in [4.78, 5) is 25.1. The molecular weight excluding hydrogens is 314 g/mol. The van der Waals surface area contributed by atoms with Gasteiger partial charge in [-0.3, -0.25) is 9.59 Å². The maximum atomic E-state index is 12.4. The third kappa shape index (κ3) is 3.26. The third-order valence-electron chi connectivity index (χ3n) is 3.83. The first kappa shape index (κ1) is 15.7. The molecule has 0 saturated carbocycles. The maximum absolute atomic E-state index is 12.4. The Morgan fingerprint density at radius 1 is 1.39 bits per heavy atom. The van der Waals surface area contributed by atoms with E-state index in [0.29, 0.717) is 11.4 Å². The molecule has 0 atom stereocenters. The van der Waals surface area contributed by atoms with Gasteiger partial charge in [-0.1, -0.05) is 6.07 Å². The van der Waals surface area contributed by atoms with Crippen molar-refractivity contribution in [2.24, 2.45) is 0 Å². The van der Waals surface area contributed by atoms with Gasteiger partial charge in [0, 0.05) is 13.0 Å². The van der Waals surface area contributed by atoms with Gasteiger partial charge in [-0.2, -0.15) is 0 Å². The Balaban J connectivity index is 1.59. The lowest BCUT2D eigenvalue weighted by Gasteiger charge is -2.24. The molecule has 23 heavy (non-hydrogen) atoms. The lowest BCUT2D eigenvalue weighted by molar-refractivity contribution is -0.126. The Labute approximate surface area is 138 Å². The summed E-state index contributed by atoms with van der Waals surface area (Å²) in [5.74, 6) is 1.23. The number of amides is 2. The van der Waals surface area contributed by atoms with Crippen molar-refractivity contribution in [3.63, 3.8) is 0 Å². The van der Waals surface area contributed by atoms with Crippen LogP contribution in [0.2, 0.25) is 0 Å². The molecule has 0 radical (unpaired) electrons. The highest BCUT2D eigenvalue weighted by Crippen LogP contribution is 2.14. The van der Waals surface area contributed by atoms with Crippen molar-refractivity contribution >= 4 is 23.2 Å². The zero-order valence-electron chi connectivity index (χ0n) is 13.1. The van der Waals surface area contributed by atoms with Gasteiger partial charge in [0.25, 0.3) is 5.91 Å². The number of aromatic nitrogens is 3. The molecule has 2 aromatic heterocycles. The quantitative estimate of drug-likeness (QED) is 0.858. The van der Waals surface area contributed by atoms with E-state index in [1.165, 1.54) is 11.3 Å². The smallest absolute Gasteiger partial charge is 0.262 e. The Hall–Kier alpha value is -2.22. The minimum atomic E-state index is -1.01. The van der Waals surface area contributed by atoms with E-state index in [0.717, 1.165) is 31.0 Å². The van der Waals surface area contributed by atoms with Crippen molar-refractivity contribution in [3.8, 4) is 0 Å². The zero-order chi connectivity index (χ0) is 16.4. The zero-order valence-corrected chi connectivity index (χ0v) is 13.9. The molecule has 3 rings (SSSR count). The molecule has 0 aromatic carbocycles. The number of aryl methyl sites for hydroxylation is 1. The minimum Gasteiger partial charge on any atom is -0.347 e. The normalized spacial score (nSPS) is 13.7. The number of nitrogens with zero attached hydrogens (tertiary/aromatic N) is 3. The van der Waals surface area contributed by atoms with E-state index in [2.05, 4.69) is 20.8 Å². The van der Waals surface area contributed by atoms with Crippen molar-refractivity contribution < 1.29 is 9.59 Å². The van der Waals surface area contributed by atoms with Crippen molar-refractivity contribution in [2.75, 3.05) is 0 Å². The van der Waals surface area contributed by atoms with E-state index in [4.69, 9.17) is 0 Å². The van der Waals surface area contributed by atoms with Crippen LogP contribution in [0.5, 0.6) is 0 Å². The van der Waals surface area contributed by atoms with Crippen molar-refractivity contribution in [3.05, 3.63) is 34.0 Å². The lowest BCUT2D eigenvalue weighted by atomic mass is 10.0. The molecule has 1 aliphatic heterocycles. The Bertz CT molecular complexity index is 720. The van der Waals surface area contributed by atoms with Crippen LogP contribution < -0.4 is 10.6 Å². The Morgan fingerprint density at radius 2 is 2.22 bits per heavy atom. The minimum absolute atomic E-state index is 0.247. The molecule has 7 nitrogen and oxygen atoms in total. The highest BCUT2D eigenvalue weighted by atomic mass is 32.1. The van der Waals surface area contributed by atoms with E-state index < -0.39 is 5.54 Å². The molecule has 0 unspecified atom stereocenters. The highest BCUT2D eigenvalue weighted by molar-refractivity contribution is 7.12. The highest BCUT2D eigenvalue weighted by Gasteiger charge is 2.30. The van der Waals surface area contributed by atoms with Crippen LogP contribution >= 0.6 is 11.3 Å². The number of carbonyl (C=O) groups excluding carboxylic acids is 2. The van der Waals surface area contributed by atoms with Crippen LogP contribution in [0.3, 0.4) is 0 Å². The summed E-state index contributed by atoms with van der Waals surface area (Å²) in [6, 6.07) is 3.53. The van der Waals surface area contributed by atoms with Crippen LogP contribution in [0.4, 0.5) is 0 Å². The fourth-order valence-electron chi connectivity index (χ4n) is 2.53. The molecular formula is C15H19N5O2S. The van der Waals surface area contributed by atoms with E-state index >= 15 is 0 Å². The number of fused-ring (bicyclic) bond motifs is 1. The molecule has 3 heterocycles. The lowest BCUT2D eigenvalue weighted by Crippen LogP contribution is -2.54. The SMILES string of the molecule is CC(C)(NC(=O)c1cccs1)C(=O)NCc1nnc2n1CCC2. The van der Waals surface area contributed by atoms with Crippen molar-refractivity contribution in [2.45, 2.75) is 45.3 Å². The standard InChI is InChI=1S/C15H19N5O2S/c1-15(2,17-13(21)10-5-4-8-23-10)14(22)16-9-12-19-18-11-6-3-7-20(11)12/h4-5,8H,3,6-7,9H2,1-2H3,(H,16,22)(H,17,21). The molecule has 0 saturated heterocycles. The summed E-state index contributed by atoms with van der Waals surface area (Å²) in [5, 5.41) is 15.6. The second-order valence-corrected chi connectivity index (χ2v) is 6.97. The van der Waals surface area contributed by atoms with E-state index in [1.807, 2.05) is 9.95 Å². The first-order chi connectivity index (χ1) is 11.0. The number of rotatable bonds is 5. The first-order valence-electron chi connectivity index (χ1n) is 7.52. The van der Waals surface area contributed by atoms with Gasteiger partial charge in [-0.05, 0) is 31.7 Å². The number of carbonyl (C=O) groups is 2. The molecule has 0 bridgehead atoms. The van der Waals surface area contributed by atoms with Crippen LogP contribution in [0.15, 0.2) is 17.5 Å². The second kappa shape index (κ2) is 6.11. The summed E-state index contributed by atoms with van der Waals surface area (Å²) >= 11 is 1.34. The number of hydrogen-bond acceptors (Lipinski definition) is 5. The van der Waals surface area contributed by atoms with Gasteiger partial charge in [0.15, 0.2) is 5.82 Å². The van der Waals surface area contributed by atoms with E-state index in [-0.39, 0.29) is 11.8 Å². The van der Waals surface area contributed by atoms with Gasteiger partial charge in [0.2, 0.25) is 5.91 Å². The molecule has 122 valence electrons. The van der Waals surface area contributed by atoms with Gasteiger partial charge < -0.3 is 15.2 Å². The molecule has 1 aliphatic rings. The number of thiophene rings is 1. The van der Waals surface area contributed by atoms with Crippen LogP contribution in [-0.4, -0.2) is 32.1 Å². The average molecular weight is 333 g/mol. The summed E-state index contributed by atoms with van der Waals surface area (Å²) in [6.07, 6.45) is 2.00. The predicted molar refractivity (Wildman–Crippen MR) is 86.1 cm³/mol. The van der Waals surface area contributed by atoms with Gasteiger partial charge in [0.05, 0.1) is 11.4 Å². The molecule has 8 heteroatoms. The monoisotopic (exact) mass is 333 g/mol. The topological polar surface area (TPSA) is 88.9 Å². The summed E-state index contributed by atoms with van der Waals surface area (Å²) < 4.78 is 2.04. The van der Waals surface area contributed by atoms with Crippen LogP contribution in [0, 0.1) is 0 Å². The van der Waals surface area contributed by atoms with E-state index in [9.17, 15) is 9.59 Å². The molecule has 0 aliphatic carbocycles. The van der Waals surface area contributed by atoms with Gasteiger partial charge >= 0.3 is 0 Å². The largest absolute Gasteiger partial charge is 0.347 e. The molecule has 0 fully saturated rings. The second-order valence-electron chi connectivity index (χ2n) is 6.03. The number of hydrogen-bond donors (Lipinski definition) is 2. The number of nitrogens with one attached hydrogen (secondary N) is 2. The van der Waals surface area contributed by atoms with Crippen molar-refractivity contribution in [1.29, 1.82) is 0 Å². The average Bonchev–Trinajstić information content (AvgIpc) is 3.22. The Kier molecular flexibility index (Phi) is 4.16. The van der Waals surface area contributed by atoms with Gasteiger partial charge in [-0.25, -0.2) is 0 Å². The van der Waals surface area contributed by atoms with Gasteiger partial charge in [-0.15, -0.1) is 21.5 Å². The summed E-state index contributed by atoms with van der Waals surface area (Å²) in [5.41, 5.74) is -1.01. The van der Waals surface area contributed by atoms with Crippen LogP contribution in [0.25, 0.3) is 0 Å². The molecule has 2 aromatic rings. The fraction of sp³-hybridized carbons (Fsp3) is 0.467. The van der Waals surface area contributed by atoms with E-state index in [1.54, 1.807) is 26.0 Å².